The summed E-state index contributed by atoms with van der Waals surface area (Å²) in [6, 6.07) is 14.2. The van der Waals surface area contributed by atoms with Crippen molar-refractivity contribution in [2.45, 2.75) is 25.2 Å². The van der Waals surface area contributed by atoms with E-state index in [-0.39, 0.29) is 23.0 Å². The zero-order valence-electron chi connectivity index (χ0n) is 15.1. The lowest BCUT2D eigenvalue weighted by molar-refractivity contribution is -0.115. The molecule has 0 unspecified atom stereocenters. The molecule has 0 atom stereocenters. The van der Waals surface area contributed by atoms with Crippen molar-refractivity contribution in [1.82, 2.24) is 4.98 Å². The molecular weight excluding hydrogens is 380 g/mol. The minimum Gasteiger partial charge on any atom is -0.302 e. The molecule has 2 aromatic carbocycles. The van der Waals surface area contributed by atoms with Crippen molar-refractivity contribution in [3.05, 3.63) is 65.0 Å². The lowest BCUT2D eigenvalue weighted by Crippen LogP contribution is -2.17. The highest BCUT2D eigenvalue weighted by molar-refractivity contribution is 7.91. The summed E-state index contributed by atoms with van der Waals surface area (Å²) in [5.41, 5.74) is 4.16. The molecule has 1 amide bonds. The number of thiazole rings is 1. The first-order chi connectivity index (χ1) is 12.8. The Morgan fingerprint density at radius 1 is 1.07 bits per heavy atom. The Balaban J connectivity index is 1.62. The van der Waals surface area contributed by atoms with Crippen LogP contribution in [-0.2, 0) is 14.6 Å². The summed E-state index contributed by atoms with van der Waals surface area (Å²) in [4.78, 5) is 16.8. The zero-order chi connectivity index (χ0) is 19.4. The second-order valence-corrected chi connectivity index (χ2v) is 9.23. The number of nitrogens with one attached hydrogen (secondary N) is 1. The summed E-state index contributed by atoms with van der Waals surface area (Å²) >= 11 is 1.32. The van der Waals surface area contributed by atoms with Gasteiger partial charge in [-0.15, -0.1) is 11.3 Å². The molecule has 0 spiro atoms. The van der Waals surface area contributed by atoms with Crippen LogP contribution in [0.3, 0.4) is 0 Å². The van der Waals surface area contributed by atoms with Crippen molar-refractivity contribution in [2.75, 3.05) is 11.1 Å². The molecule has 0 saturated carbocycles. The second kappa shape index (κ2) is 8.02. The highest BCUT2D eigenvalue weighted by Gasteiger charge is 2.17. The van der Waals surface area contributed by atoms with E-state index < -0.39 is 9.84 Å². The summed E-state index contributed by atoms with van der Waals surface area (Å²) in [6.45, 7) is 4.09. The van der Waals surface area contributed by atoms with Gasteiger partial charge < -0.3 is 5.32 Å². The number of amides is 1. The molecule has 7 heteroatoms. The Morgan fingerprint density at radius 3 is 2.52 bits per heavy atom. The van der Waals surface area contributed by atoms with Crippen molar-refractivity contribution in [3.8, 4) is 11.3 Å². The van der Waals surface area contributed by atoms with Gasteiger partial charge in [0.25, 0.3) is 0 Å². The number of rotatable bonds is 6. The Kier molecular flexibility index (Phi) is 5.72. The third-order valence-electron chi connectivity index (χ3n) is 4.25. The molecule has 3 rings (SSSR count). The quantitative estimate of drug-likeness (QED) is 0.672. The molecule has 140 valence electrons. The molecule has 0 radical (unpaired) electrons. The standard InChI is InChI=1S/C20H20N2O3S2/c1-14-8-9-16(12-15(14)2)18-13-26-20(21-18)22-19(23)10-11-27(24,25)17-6-4-3-5-7-17/h3-9,12-13H,10-11H2,1-2H3,(H,21,22,23). The second-order valence-electron chi connectivity index (χ2n) is 6.27. The van der Waals surface area contributed by atoms with Gasteiger partial charge in [0, 0.05) is 17.4 Å². The van der Waals surface area contributed by atoms with Gasteiger partial charge in [-0.25, -0.2) is 13.4 Å². The fraction of sp³-hybridized carbons (Fsp3) is 0.200. The first-order valence-electron chi connectivity index (χ1n) is 8.46. The van der Waals surface area contributed by atoms with Crippen molar-refractivity contribution in [2.24, 2.45) is 0 Å². The molecule has 1 N–H and O–H groups in total. The zero-order valence-corrected chi connectivity index (χ0v) is 16.7. The molecule has 0 aliphatic heterocycles. The van der Waals surface area contributed by atoms with E-state index in [4.69, 9.17) is 0 Å². The Labute approximate surface area is 163 Å². The van der Waals surface area contributed by atoms with E-state index in [0.717, 1.165) is 11.3 Å². The van der Waals surface area contributed by atoms with Gasteiger partial charge in [0.2, 0.25) is 5.91 Å². The molecule has 3 aromatic rings. The van der Waals surface area contributed by atoms with Crippen LogP contribution in [0.5, 0.6) is 0 Å². The predicted octanol–water partition coefficient (Wildman–Crippen LogP) is 4.23. The van der Waals surface area contributed by atoms with Gasteiger partial charge in [0.1, 0.15) is 0 Å². The van der Waals surface area contributed by atoms with Crippen molar-refractivity contribution in [1.29, 1.82) is 0 Å². The van der Waals surface area contributed by atoms with E-state index in [2.05, 4.69) is 23.3 Å². The molecule has 0 aliphatic carbocycles. The highest BCUT2D eigenvalue weighted by Crippen LogP contribution is 2.26. The number of benzene rings is 2. The largest absolute Gasteiger partial charge is 0.302 e. The molecule has 1 heterocycles. The van der Waals surface area contributed by atoms with Crippen LogP contribution in [0.4, 0.5) is 5.13 Å². The van der Waals surface area contributed by atoms with Crippen LogP contribution in [0.25, 0.3) is 11.3 Å². The predicted molar refractivity (Wildman–Crippen MR) is 109 cm³/mol. The van der Waals surface area contributed by atoms with E-state index in [1.807, 2.05) is 24.4 Å². The molecular formula is C20H20N2O3S2. The van der Waals surface area contributed by atoms with Gasteiger partial charge in [-0.1, -0.05) is 30.3 Å². The van der Waals surface area contributed by atoms with Crippen LogP contribution in [0, 0.1) is 13.8 Å². The maximum atomic E-state index is 12.2. The van der Waals surface area contributed by atoms with Gasteiger partial charge in [-0.3, -0.25) is 4.79 Å². The monoisotopic (exact) mass is 400 g/mol. The van der Waals surface area contributed by atoms with E-state index in [0.29, 0.717) is 5.13 Å². The van der Waals surface area contributed by atoms with Crippen LogP contribution in [0.1, 0.15) is 17.5 Å². The maximum Gasteiger partial charge on any atom is 0.227 e. The van der Waals surface area contributed by atoms with Crippen LogP contribution in [0.15, 0.2) is 58.8 Å². The summed E-state index contributed by atoms with van der Waals surface area (Å²) in [5, 5.41) is 5.02. The molecule has 0 fully saturated rings. The lowest BCUT2D eigenvalue weighted by atomic mass is 10.1. The molecule has 1 aromatic heterocycles. The number of aryl methyl sites for hydroxylation is 2. The minimum atomic E-state index is -3.47. The topological polar surface area (TPSA) is 76.1 Å². The van der Waals surface area contributed by atoms with Gasteiger partial charge in [0.15, 0.2) is 15.0 Å². The van der Waals surface area contributed by atoms with Crippen molar-refractivity contribution < 1.29 is 13.2 Å². The van der Waals surface area contributed by atoms with Crippen LogP contribution >= 0.6 is 11.3 Å². The SMILES string of the molecule is Cc1ccc(-c2csc(NC(=O)CCS(=O)(=O)c3ccccc3)n2)cc1C. The summed E-state index contributed by atoms with van der Waals surface area (Å²) < 4.78 is 24.5. The van der Waals surface area contributed by atoms with Crippen LogP contribution in [0.2, 0.25) is 0 Å². The van der Waals surface area contributed by atoms with Crippen LogP contribution in [-0.4, -0.2) is 25.1 Å². The van der Waals surface area contributed by atoms with Crippen molar-refractivity contribution in [3.63, 3.8) is 0 Å². The summed E-state index contributed by atoms with van der Waals surface area (Å²) in [7, 11) is -3.47. The fourth-order valence-electron chi connectivity index (χ4n) is 2.52. The minimum absolute atomic E-state index is 0.115. The number of carbonyl (C=O) groups is 1. The van der Waals surface area contributed by atoms with E-state index in [1.54, 1.807) is 18.2 Å². The number of aromatic nitrogens is 1. The molecule has 5 nitrogen and oxygen atoms in total. The third-order valence-corrected chi connectivity index (χ3v) is 6.74. The normalized spacial score (nSPS) is 11.3. The number of nitrogens with zero attached hydrogens (tertiary/aromatic N) is 1. The Morgan fingerprint density at radius 2 is 1.81 bits per heavy atom. The third kappa shape index (κ3) is 4.81. The van der Waals surface area contributed by atoms with Gasteiger partial charge >= 0.3 is 0 Å². The van der Waals surface area contributed by atoms with E-state index >= 15 is 0 Å². The number of hydrogen-bond donors (Lipinski definition) is 1. The first-order valence-corrected chi connectivity index (χ1v) is 11.0. The lowest BCUT2D eigenvalue weighted by Gasteiger charge is -2.04. The first kappa shape index (κ1) is 19.3. The molecule has 0 bridgehead atoms. The molecule has 0 aliphatic rings. The van der Waals surface area contributed by atoms with E-state index in [1.165, 1.54) is 34.6 Å². The number of hydrogen-bond acceptors (Lipinski definition) is 5. The molecule has 0 saturated heterocycles. The van der Waals surface area contributed by atoms with Gasteiger partial charge in [0.05, 0.1) is 16.3 Å². The van der Waals surface area contributed by atoms with Gasteiger partial charge in [-0.05, 0) is 43.2 Å². The smallest absolute Gasteiger partial charge is 0.227 e. The summed E-state index contributed by atoms with van der Waals surface area (Å²) in [5.74, 6) is -0.603. The fourth-order valence-corrected chi connectivity index (χ4v) is 4.52. The Bertz CT molecular complexity index is 1060. The molecule has 27 heavy (non-hydrogen) atoms. The maximum absolute atomic E-state index is 12.2. The summed E-state index contributed by atoms with van der Waals surface area (Å²) in [6.07, 6.45) is -0.115. The van der Waals surface area contributed by atoms with E-state index in [9.17, 15) is 13.2 Å². The van der Waals surface area contributed by atoms with Gasteiger partial charge in [-0.2, -0.15) is 0 Å². The Hall–Kier alpha value is -2.51. The number of carbonyl (C=O) groups excluding carboxylic acids is 1. The highest BCUT2D eigenvalue weighted by atomic mass is 32.2. The number of sulfone groups is 1. The number of anilines is 1. The average molecular weight is 401 g/mol. The average Bonchev–Trinajstić information content (AvgIpc) is 3.11. The van der Waals surface area contributed by atoms with Crippen LogP contribution < -0.4 is 5.32 Å². The van der Waals surface area contributed by atoms with Crippen molar-refractivity contribution >= 4 is 32.2 Å².